The highest BCUT2D eigenvalue weighted by atomic mass is 32.2. The number of ether oxygens (including phenoxy) is 2. The second-order valence-electron chi connectivity index (χ2n) is 4.45. The van der Waals surface area contributed by atoms with E-state index in [2.05, 4.69) is 14.8 Å². The van der Waals surface area contributed by atoms with Crippen LogP contribution in [0.3, 0.4) is 0 Å². The standard InChI is InChI=1S/C15H16N2O6S/c1-22-14(18)10-13(15(19)23-2)17-11-4-6-12(7-5-11)24(20,21)9-3-8-16/h4-7,10,17H,3,9H2,1-2H3/b13-10+. The molecule has 128 valence electrons. The molecule has 1 aromatic carbocycles. The first kappa shape index (κ1) is 19.2. The Hall–Kier alpha value is -2.86. The number of nitriles is 1. The molecule has 0 unspecified atom stereocenters. The number of rotatable bonds is 7. The zero-order chi connectivity index (χ0) is 18.2. The van der Waals surface area contributed by atoms with Crippen LogP contribution in [0.15, 0.2) is 40.9 Å². The van der Waals surface area contributed by atoms with Crippen molar-refractivity contribution in [1.29, 1.82) is 5.26 Å². The van der Waals surface area contributed by atoms with Crippen molar-refractivity contribution in [2.24, 2.45) is 0 Å². The van der Waals surface area contributed by atoms with E-state index in [9.17, 15) is 18.0 Å². The number of carbonyl (C=O) groups excluding carboxylic acids is 2. The third-order valence-corrected chi connectivity index (χ3v) is 4.58. The maximum Gasteiger partial charge on any atom is 0.354 e. The Bertz CT molecular complexity index is 775. The van der Waals surface area contributed by atoms with Gasteiger partial charge in [0.1, 0.15) is 5.70 Å². The first-order valence-electron chi connectivity index (χ1n) is 6.69. The Morgan fingerprint density at radius 3 is 2.33 bits per heavy atom. The van der Waals surface area contributed by atoms with E-state index in [1.165, 1.54) is 24.3 Å². The molecule has 0 amide bonds. The number of nitrogens with zero attached hydrogens (tertiary/aromatic N) is 1. The summed E-state index contributed by atoms with van der Waals surface area (Å²) in [5, 5.41) is 11.1. The van der Waals surface area contributed by atoms with E-state index in [0.29, 0.717) is 5.69 Å². The van der Waals surface area contributed by atoms with Crippen LogP contribution in [0.2, 0.25) is 0 Å². The van der Waals surface area contributed by atoms with Gasteiger partial charge >= 0.3 is 11.9 Å². The lowest BCUT2D eigenvalue weighted by atomic mass is 10.3. The van der Waals surface area contributed by atoms with Gasteiger partial charge in [-0.15, -0.1) is 0 Å². The fraction of sp³-hybridized carbons (Fsp3) is 0.267. The molecule has 1 rings (SSSR count). The van der Waals surface area contributed by atoms with Gasteiger partial charge in [-0.25, -0.2) is 18.0 Å². The lowest BCUT2D eigenvalue weighted by Crippen LogP contribution is -2.15. The monoisotopic (exact) mass is 352 g/mol. The van der Waals surface area contributed by atoms with Crippen molar-refractivity contribution >= 4 is 27.5 Å². The Labute approximate surface area is 139 Å². The maximum atomic E-state index is 11.9. The van der Waals surface area contributed by atoms with Gasteiger partial charge in [0, 0.05) is 12.1 Å². The summed E-state index contributed by atoms with van der Waals surface area (Å²) < 4.78 is 32.9. The SMILES string of the molecule is COC(=O)/C=C(/Nc1ccc(S(=O)(=O)CCC#N)cc1)C(=O)OC. The fourth-order valence-corrected chi connectivity index (χ4v) is 2.78. The van der Waals surface area contributed by atoms with E-state index in [4.69, 9.17) is 5.26 Å². The summed E-state index contributed by atoms with van der Waals surface area (Å²) in [7, 11) is -1.23. The van der Waals surface area contributed by atoms with Crippen LogP contribution in [0.5, 0.6) is 0 Å². The van der Waals surface area contributed by atoms with Crippen LogP contribution in [-0.4, -0.2) is 40.3 Å². The first-order chi connectivity index (χ1) is 11.3. The number of hydrogen-bond acceptors (Lipinski definition) is 8. The minimum absolute atomic E-state index is 0.0554. The highest BCUT2D eigenvalue weighted by molar-refractivity contribution is 7.91. The first-order valence-corrected chi connectivity index (χ1v) is 8.34. The second kappa shape index (κ2) is 8.69. The zero-order valence-electron chi connectivity index (χ0n) is 13.1. The van der Waals surface area contributed by atoms with Gasteiger partial charge in [-0.2, -0.15) is 5.26 Å². The number of benzene rings is 1. The molecular formula is C15H16N2O6S. The van der Waals surface area contributed by atoms with Crippen molar-refractivity contribution in [3.63, 3.8) is 0 Å². The minimum Gasteiger partial charge on any atom is -0.466 e. The van der Waals surface area contributed by atoms with Crippen molar-refractivity contribution < 1.29 is 27.5 Å². The minimum atomic E-state index is -3.54. The van der Waals surface area contributed by atoms with Crippen LogP contribution in [-0.2, 0) is 28.9 Å². The summed E-state index contributed by atoms with van der Waals surface area (Å²) in [6.07, 6.45) is 0.820. The number of methoxy groups -OCH3 is 2. The molecule has 0 aromatic heterocycles. The molecule has 0 atom stereocenters. The van der Waals surface area contributed by atoms with E-state index in [1.807, 2.05) is 0 Å². The Morgan fingerprint density at radius 2 is 1.83 bits per heavy atom. The zero-order valence-corrected chi connectivity index (χ0v) is 13.9. The molecule has 0 spiro atoms. The smallest absolute Gasteiger partial charge is 0.354 e. The van der Waals surface area contributed by atoms with Gasteiger partial charge in [0.25, 0.3) is 0 Å². The van der Waals surface area contributed by atoms with Gasteiger partial charge in [-0.05, 0) is 24.3 Å². The Kier molecular flexibility index (Phi) is 6.95. The second-order valence-corrected chi connectivity index (χ2v) is 6.56. The number of hydrogen-bond donors (Lipinski definition) is 1. The average molecular weight is 352 g/mol. The van der Waals surface area contributed by atoms with Crippen molar-refractivity contribution in [3.8, 4) is 6.07 Å². The van der Waals surface area contributed by atoms with Crippen molar-refractivity contribution in [3.05, 3.63) is 36.0 Å². The molecule has 0 heterocycles. The van der Waals surface area contributed by atoms with Gasteiger partial charge in [-0.1, -0.05) is 0 Å². The molecule has 0 fully saturated rings. The van der Waals surface area contributed by atoms with Gasteiger partial charge in [-0.3, -0.25) is 0 Å². The number of sulfone groups is 1. The summed E-state index contributed by atoms with van der Waals surface area (Å²) in [5.74, 6) is -1.81. The number of carbonyl (C=O) groups is 2. The van der Waals surface area contributed by atoms with Crippen LogP contribution in [0, 0.1) is 11.3 Å². The number of nitrogens with one attached hydrogen (secondary N) is 1. The molecule has 8 nitrogen and oxygen atoms in total. The predicted molar refractivity (Wildman–Crippen MR) is 84.5 cm³/mol. The summed E-state index contributed by atoms with van der Waals surface area (Å²) >= 11 is 0. The van der Waals surface area contributed by atoms with Crippen LogP contribution < -0.4 is 5.32 Å². The van der Waals surface area contributed by atoms with Crippen LogP contribution in [0.4, 0.5) is 5.69 Å². The molecular weight excluding hydrogens is 336 g/mol. The van der Waals surface area contributed by atoms with Gasteiger partial charge < -0.3 is 14.8 Å². The highest BCUT2D eigenvalue weighted by Gasteiger charge is 2.15. The molecule has 1 N–H and O–H groups in total. The Morgan fingerprint density at radius 1 is 1.21 bits per heavy atom. The summed E-state index contributed by atoms with van der Waals surface area (Å²) in [4.78, 5) is 22.9. The van der Waals surface area contributed by atoms with Gasteiger partial charge in [0.05, 0.1) is 37.0 Å². The topological polar surface area (TPSA) is 123 Å². The van der Waals surface area contributed by atoms with Gasteiger partial charge in [0.2, 0.25) is 0 Å². The summed E-state index contributed by atoms with van der Waals surface area (Å²) in [6.45, 7) is 0. The Balaban J connectivity index is 3.00. The largest absolute Gasteiger partial charge is 0.466 e. The number of anilines is 1. The molecule has 0 aliphatic carbocycles. The molecule has 9 heteroatoms. The molecule has 0 radical (unpaired) electrons. The van der Waals surface area contributed by atoms with Gasteiger partial charge in [0.15, 0.2) is 9.84 Å². The van der Waals surface area contributed by atoms with E-state index in [-0.39, 0.29) is 22.8 Å². The van der Waals surface area contributed by atoms with E-state index in [1.54, 1.807) is 6.07 Å². The van der Waals surface area contributed by atoms with Crippen LogP contribution >= 0.6 is 0 Å². The van der Waals surface area contributed by atoms with Crippen LogP contribution in [0.25, 0.3) is 0 Å². The van der Waals surface area contributed by atoms with Crippen LogP contribution in [0.1, 0.15) is 6.42 Å². The van der Waals surface area contributed by atoms with E-state index < -0.39 is 21.8 Å². The lowest BCUT2D eigenvalue weighted by molar-refractivity contribution is -0.138. The molecule has 0 saturated carbocycles. The maximum absolute atomic E-state index is 11.9. The molecule has 0 saturated heterocycles. The number of esters is 2. The normalized spacial score (nSPS) is 11.3. The van der Waals surface area contributed by atoms with Crippen molar-refractivity contribution in [1.82, 2.24) is 0 Å². The quantitative estimate of drug-likeness (QED) is 0.570. The average Bonchev–Trinajstić information content (AvgIpc) is 2.59. The fourth-order valence-electron chi connectivity index (χ4n) is 1.63. The molecule has 0 aliphatic rings. The third-order valence-electron chi connectivity index (χ3n) is 2.84. The molecule has 1 aromatic rings. The molecule has 24 heavy (non-hydrogen) atoms. The predicted octanol–water partition coefficient (Wildman–Crippen LogP) is 1.02. The molecule has 0 bridgehead atoms. The third kappa shape index (κ3) is 5.40. The van der Waals surface area contributed by atoms with Crippen molar-refractivity contribution in [2.45, 2.75) is 11.3 Å². The van der Waals surface area contributed by atoms with E-state index in [0.717, 1.165) is 20.3 Å². The van der Waals surface area contributed by atoms with E-state index >= 15 is 0 Å². The molecule has 0 aliphatic heterocycles. The van der Waals surface area contributed by atoms with Crippen molar-refractivity contribution in [2.75, 3.05) is 25.3 Å². The summed E-state index contributed by atoms with van der Waals surface area (Å²) in [5.41, 5.74) is 0.208. The summed E-state index contributed by atoms with van der Waals surface area (Å²) in [6, 6.07) is 7.30. The lowest BCUT2D eigenvalue weighted by Gasteiger charge is -2.10. The highest BCUT2D eigenvalue weighted by Crippen LogP contribution is 2.17.